The number of imidazole rings is 1. The van der Waals surface area contributed by atoms with E-state index in [4.69, 9.17) is 0 Å². The fraction of sp³-hybridized carbons (Fsp3) is 0.333. The minimum Gasteiger partial charge on any atom is -0.304 e. The van der Waals surface area contributed by atoms with Gasteiger partial charge in [-0.2, -0.15) is 0 Å². The standard InChI is InChI=1S/C7H7N3.C2H6/c1-6-5-10-3-2-8-4-7(10)9-6;1-2/h2-5H,1H3;1-2H3. The zero-order chi connectivity index (χ0) is 8.97. The smallest absolute Gasteiger partial charge is 0.155 e. The van der Waals surface area contributed by atoms with Crippen molar-refractivity contribution < 1.29 is 0 Å². The van der Waals surface area contributed by atoms with Crippen molar-refractivity contribution in [1.82, 2.24) is 14.4 Å². The lowest BCUT2D eigenvalue weighted by Gasteiger charge is -1.86. The van der Waals surface area contributed by atoms with Gasteiger partial charge in [-0.05, 0) is 6.92 Å². The third kappa shape index (κ3) is 1.61. The lowest BCUT2D eigenvalue weighted by Crippen LogP contribution is -1.81. The van der Waals surface area contributed by atoms with Crippen molar-refractivity contribution in [1.29, 1.82) is 0 Å². The van der Waals surface area contributed by atoms with Gasteiger partial charge in [-0.25, -0.2) is 4.98 Å². The lowest BCUT2D eigenvalue weighted by molar-refractivity contribution is 1.13. The van der Waals surface area contributed by atoms with Crippen LogP contribution in [-0.4, -0.2) is 14.4 Å². The third-order valence-corrected chi connectivity index (χ3v) is 1.38. The van der Waals surface area contributed by atoms with Gasteiger partial charge in [0.2, 0.25) is 0 Å². The van der Waals surface area contributed by atoms with Crippen LogP contribution in [0.3, 0.4) is 0 Å². The molecule has 0 radical (unpaired) electrons. The van der Waals surface area contributed by atoms with Crippen LogP contribution < -0.4 is 0 Å². The second-order valence-electron chi connectivity index (χ2n) is 2.22. The minimum absolute atomic E-state index is 0.903. The average Bonchev–Trinajstić information content (AvgIpc) is 2.48. The first-order valence-corrected chi connectivity index (χ1v) is 4.11. The van der Waals surface area contributed by atoms with Crippen molar-refractivity contribution in [3.8, 4) is 0 Å². The van der Waals surface area contributed by atoms with Gasteiger partial charge in [-0.15, -0.1) is 0 Å². The largest absolute Gasteiger partial charge is 0.304 e. The summed E-state index contributed by atoms with van der Waals surface area (Å²) in [5.41, 5.74) is 1.92. The highest BCUT2D eigenvalue weighted by Gasteiger charge is 1.92. The number of nitrogens with zero attached hydrogens (tertiary/aromatic N) is 3. The summed E-state index contributed by atoms with van der Waals surface area (Å²) >= 11 is 0. The molecule has 0 amide bonds. The van der Waals surface area contributed by atoms with E-state index in [9.17, 15) is 0 Å². The lowest BCUT2D eigenvalue weighted by atomic mass is 10.6. The Morgan fingerprint density at radius 2 is 2.08 bits per heavy atom. The van der Waals surface area contributed by atoms with Gasteiger partial charge in [0, 0.05) is 18.6 Å². The first-order valence-electron chi connectivity index (χ1n) is 4.11. The molecule has 0 aliphatic heterocycles. The third-order valence-electron chi connectivity index (χ3n) is 1.38. The molecule has 64 valence electrons. The van der Waals surface area contributed by atoms with Crippen molar-refractivity contribution in [3.63, 3.8) is 0 Å². The predicted octanol–water partition coefficient (Wildman–Crippen LogP) is 2.06. The van der Waals surface area contributed by atoms with Gasteiger partial charge in [0.1, 0.15) is 0 Å². The van der Waals surface area contributed by atoms with Crippen molar-refractivity contribution >= 4 is 5.65 Å². The normalized spacial score (nSPS) is 9.25. The van der Waals surface area contributed by atoms with Crippen molar-refractivity contribution in [3.05, 3.63) is 30.5 Å². The zero-order valence-electron chi connectivity index (χ0n) is 7.65. The number of hydrogen-bond donors (Lipinski definition) is 0. The van der Waals surface area contributed by atoms with E-state index in [1.54, 1.807) is 12.4 Å². The van der Waals surface area contributed by atoms with E-state index in [1.807, 2.05) is 37.6 Å². The summed E-state index contributed by atoms with van der Waals surface area (Å²) in [4.78, 5) is 8.16. The molecule has 2 rings (SSSR count). The Labute approximate surface area is 72.1 Å². The van der Waals surface area contributed by atoms with Crippen LogP contribution in [0.5, 0.6) is 0 Å². The van der Waals surface area contributed by atoms with Gasteiger partial charge in [0.25, 0.3) is 0 Å². The topological polar surface area (TPSA) is 30.2 Å². The Morgan fingerprint density at radius 3 is 2.75 bits per heavy atom. The van der Waals surface area contributed by atoms with Crippen LogP contribution in [-0.2, 0) is 0 Å². The molecule has 0 fully saturated rings. The Bertz CT molecular complexity index is 318. The Balaban J connectivity index is 0.000000336. The molecule has 0 spiro atoms. The molecular formula is C9H13N3. The van der Waals surface area contributed by atoms with Crippen LogP contribution in [0.25, 0.3) is 5.65 Å². The molecule has 3 heteroatoms. The van der Waals surface area contributed by atoms with Gasteiger partial charge >= 0.3 is 0 Å². The van der Waals surface area contributed by atoms with E-state index in [0.29, 0.717) is 0 Å². The van der Waals surface area contributed by atoms with E-state index >= 15 is 0 Å². The molecule has 0 aromatic carbocycles. The number of rotatable bonds is 0. The first-order chi connectivity index (χ1) is 5.86. The summed E-state index contributed by atoms with van der Waals surface area (Å²) < 4.78 is 1.95. The highest BCUT2D eigenvalue weighted by atomic mass is 15.0. The minimum atomic E-state index is 0.903. The predicted molar refractivity (Wildman–Crippen MR) is 49.1 cm³/mol. The zero-order valence-corrected chi connectivity index (χ0v) is 7.65. The Hall–Kier alpha value is -1.38. The summed E-state index contributed by atoms with van der Waals surface area (Å²) in [6.07, 6.45) is 7.34. The molecule has 0 saturated heterocycles. The molecule has 0 unspecified atom stereocenters. The second-order valence-corrected chi connectivity index (χ2v) is 2.22. The Morgan fingerprint density at radius 1 is 1.33 bits per heavy atom. The van der Waals surface area contributed by atoms with E-state index < -0.39 is 0 Å². The number of aromatic nitrogens is 3. The highest BCUT2D eigenvalue weighted by Crippen LogP contribution is 1.99. The SMILES string of the molecule is CC.Cc1cn2ccncc2n1. The Kier molecular flexibility index (Phi) is 2.80. The van der Waals surface area contributed by atoms with E-state index in [-0.39, 0.29) is 0 Å². The summed E-state index contributed by atoms with van der Waals surface area (Å²) in [5, 5.41) is 0. The van der Waals surface area contributed by atoms with E-state index in [0.717, 1.165) is 11.3 Å². The molecule has 0 N–H and O–H groups in total. The molecule has 0 atom stereocenters. The molecule has 3 nitrogen and oxygen atoms in total. The quantitative estimate of drug-likeness (QED) is 0.595. The molecule has 0 saturated carbocycles. The maximum Gasteiger partial charge on any atom is 0.155 e. The summed E-state index contributed by atoms with van der Waals surface area (Å²) in [6, 6.07) is 0. The van der Waals surface area contributed by atoms with Crippen molar-refractivity contribution in [2.24, 2.45) is 0 Å². The van der Waals surface area contributed by atoms with Gasteiger partial charge in [0.15, 0.2) is 5.65 Å². The fourth-order valence-electron chi connectivity index (χ4n) is 0.970. The summed E-state index contributed by atoms with van der Waals surface area (Å²) in [6.45, 7) is 5.97. The fourth-order valence-corrected chi connectivity index (χ4v) is 0.970. The van der Waals surface area contributed by atoms with Crippen LogP contribution in [0.4, 0.5) is 0 Å². The molecule has 2 aromatic rings. The van der Waals surface area contributed by atoms with Crippen LogP contribution in [0.15, 0.2) is 24.8 Å². The maximum absolute atomic E-state index is 4.21. The van der Waals surface area contributed by atoms with Crippen LogP contribution >= 0.6 is 0 Å². The van der Waals surface area contributed by atoms with E-state index in [2.05, 4.69) is 9.97 Å². The number of fused-ring (bicyclic) bond motifs is 1. The molecule has 2 aromatic heterocycles. The second kappa shape index (κ2) is 3.85. The van der Waals surface area contributed by atoms with Gasteiger partial charge in [0.05, 0.1) is 11.9 Å². The summed E-state index contributed by atoms with van der Waals surface area (Å²) in [5.74, 6) is 0. The van der Waals surface area contributed by atoms with Gasteiger partial charge in [-0.3, -0.25) is 4.98 Å². The highest BCUT2D eigenvalue weighted by molar-refractivity contribution is 5.35. The number of aryl methyl sites for hydroxylation is 1. The van der Waals surface area contributed by atoms with Crippen molar-refractivity contribution in [2.45, 2.75) is 20.8 Å². The van der Waals surface area contributed by atoms with Crippen LogP contribution in [0, 0.1) is 6.92 Å². The van der Waals surface area contributed by atoms with Gasteiger partial charge < -0.3 is 4.40 Å². The number of hydrogen-bond acceptors (Lipinski definition) is 2. The van der Waals surface area contributed by atoms with Gasteiger partial charge in [-0.1, -0.05) is 13.8 Å². The molecule has 0 aliphatic rings. The van der Waals surface area contributed by atoms with Crippen molar-refractivity contribution in [2.75, 3.05) is 0 Å². The van der Waals surface area contributed by atoms with E-state index in [1.165, 1.54) is 0 Å². The molecule has 0 bridgehead atoms. The maximum atomic E-state index is 4.21. The van der Waals surface area contributed by atoms with Crippen LogP contribution in [0.2, 0.25) is 0 Å². The molecule has 0 aliphatic carbocycles. The van der Waals surface area contributed by atoms with Crippen LogP contribution in [0.1, 0.15) is 19.5 Å². The monoisotopic (exact) mass is 163 g/mol. The molecular weight excluding hydrogens is 150 g/mol. The average molecular weight is 163 g/mol. The molecule has 2 heterocycles. The molecule has 12 heavy (non-hydrogen) atoms. The first kappa shape index (κ1) is 8.71. The summed E-state index contributed by atoms with van der Waals surface area (Å²) in [7, 11) is 0.